The molecule has 3 amide bonds. The van der Waals surface area contributed by atoms with Gasteiger partial charge in [-0.1, -0.05) is 32.0 Å². The van der Waals surface area contributed by atoms with Gasteiger partial charge in [-0.25, -0.2) is 4.79 Å². The first-order valence-electron chi connectivity index (χ1n) is 12.6. The average molecular weight is 550 g/mol. The summed E-state index contributed by atoms with van der Waals surface area (Å²) >= 11 is 1.50. The molecule has 0 aliphatic rings. The van der Waals surface area contributed by atoms with Gasteiger partial charge in [0.1, 0.15) is 12.1 Å². The van der Waals surface area contributed by atoms with Gasteiger partial charge < -0.3 is 36.9 Å². The lowest BCUT2D eigenvalue weighted by molar-refractivity contribution is -0.145. The first-order chi connectivity index (χ1) is 17.9. The van der Waals surface area contributed by atoms with E-state index in [1.807, 2.05) is 50.6 Å². The number of thioether (sulfide) groups is 1. The van der Waals surface area contributed by atoms with Crippen LogP contribution in [0.1, 0.15) is 39.2 Å². The monoisotopic (exact) mass is 549 g/mol. The molecule has 12 heteroatoms. The van der Waals surface area contributed by atoms with E-state index in [1.54, 1.807) is 0 Å². The lowest BCUT2D eigenvalue weighted by atomic mass is 10.0. The van der Waals surface area contributed by atoms with E-state index in [1.165, 1.54) is 18.7 Å². The first-order valence-corrected chi connectivity index (χ1v) is 13.9. The summed E-state index contributed by atoms with van der Waals surface area (Å²) in [6.07, 6.45) is 3.15. The van der Waals surface area contributed by atoms with E-state index in [4.69, 9.17) is 5.73 Å². The summed E-state index contributed by atoms with van der Waals surface area (Å²) in [7, 11) is 0. The molecule has 2 rings (SSSR count). The standard InChI is InChI=1S/C26H39N5O6S/c1-14(2)11-21(25(35)31-22(15(3)32)26(36)37)30-24(34)20(9-10-38-4)29-23(33)18(27)12-16-13-28-19-8-6-5-7-17(16)19/h5-8,13-15,18,20-22,28,32H,9-12,27H2,1-4H3,(H,29,33)(H,30,34)(H,31,35)(H,36,37). The highest BCUT2D eigenvalue weighted by atomic mass is 32.2. The zero-order valence-electron chi connectivity index (χ0n) is 22.2. The molecule has 1 aromatic heterocycles. The number of aliphatic carboxylic acids is 1. The fourth-order valence-electron chi connectivity index (χ4n) is 4.03. The maximum absolute atomic E-state index is 13.2. The molecule has 0 bridgehead atoms. The Balaban J connectivity index is 2.12. The Bertz CT molecular complexity index is 1100. The fourth-order valence-corrected chi connectivity index (χ4v) is 4.50. The maximum Gasteiger partial charge on any atom is 0.328 e. The molecule has 1 heterocycles. The Morgan fingerprint density at radius 3 is 2.24 bits per heavy atom. The van der Waals surface area contributed by atoms with Crippen LogP contribution in [-0.2, 0) is 25.6 Å². The van der Waals surface area contributed by atoms with Crippen molar-refractivity contribution in [2.24, 2.45) is 11.7 Å². The molecule has 0 aliphatic carbocycles. The van der Waals surface area contributed by atoms with Gasteiger partial charge in [0.05, 0.1) is 12.1 Å². The summed E-state index contributed by atoms with van der Waals surface area (Å²) in [4.78, 5) is 53.6. The number of benzene rings is 1. The quantitative estimate of drug-likeness (QED) is 0.170. The molecule has 210 valence electrons. The normalized spacial score (nSPS) is 15.3. The molecule has 0 radical (unpaired) electrons. The predicted molar refractivity (Wildman–Crippen MR) is 148 cm³/mol. The van der Waals surface area contributed by atoms with E-state index in [-0.39, 0.29) is 18.8 Å². The molecule has 5 atom stereocenters. The van der Waals surface area contributed by atoms with Crippen molar-refractivity contribution >= 4 is 46.4 Å². The highest BCUT2D eigenvalue weighted by Crippen LogP contribution is 2.19. The molecular formula is C26H39N5O6S. The zero-order chi connectivity index (χ0) is 28.4. The Hall–Kier alpha value is -3.09. The number of aromatic amines is 1. The molecule has 0 spiro atoms. The Kier molecular flexibility index (Phi) is 12.1. The number of H-pyrrole nitrogens is 1. The second-order valence-corrected chi connectivity index (χ2v) is 10.8. The molecule has 0 fully saturated rings. The van der Waals surface area contributed by atoms with Crippen LogP contribution in [0, 0.1) is 5.92 Å². The summed E-state index contributed by atoms with van der Waals surface area (Å²) in [5, 5.41) is 27.7. The van der Waals surface area contributed by atoms with Crippen LogP contribution in [0.4, 0.5) is 0 Å². The summed E-state index contributed by atoms with van der Waals surface area (Å²) in [5.74, 6) is -2.63. The summed E-state index contributed by atoms with van der Waals surface area (Å²) in [6, 6.07) is 3.24. The van der Waals surface area contributed by atoms with Gasteiger partial charge in [0.2, 0.25) is 17.7 Å². The predicted octanol–water partition coefficient (Wildman–Crippen LogP) is 0.757. The lowest BCUT2D eigenvalue weighted by Crippen LogP contribution is -2.58. The van der Waals surface area contributed by atoms with E-state index in [0.717, 1.165) is 16.5 Å². The van der Waals surface area contributed by atoms with Gasteiger partial charge in [-0.05, 0) is 55.7 Å². The maximum atomic E-state index is 13.2. The van der Waals surface area contributed by atoms with Crippen molar-refractivity contribution in [3.63, 3.8) is 0 Å². The van der Waals surface area contributed by atoms with Crippen molar-refractivity contribution in [1.29, 1.82) is 0 Å². The van der Waals surface area contributed by atoms with Crippen molar-refractivity contribution in [1.82, 2.24) is 20.9 Å². The number of nitrogens with two attached hydrogens (primary N) is 1. The largest absolute Gasteiger partial charge is 0.480 e. The number of para-hydroxylation sites is 1. The number of nitrogens with one attached hydrogen (secondary N) is 4. The summed E-state index contributed by atoms with van der Waals surface area (Å²) in [5.41, 5.74) is 8.01. The minimum atomic E-state index is -1.52. The van der Waals surface area contributed by atoms with Gasteiger partial charge in [0.15, 0.2) is 6.04 Å². The number of amides is 3. The molecule has 0 saturated carbocycles. The van der Waals surface area contributed by atoms with Crippen LogP contribution < -0.4 is 21.7 Å². The second kappa shape index (κ2) is 14.7. The highest BCUT2D eigenvalue weighted by molar-refractivity contribution is 7.98. The zero-order valence-corrected chi connectivity index (χ0v) is 23.0. The van der Waals surface area contributed by atoms with Gasteiger partial charge in [0.25, 0.3) is 0 Å². The fraction of sp³-hybridized carbons (Fsp3) is 0.538. The number of carboxylic acid groups (broad SMARTS) is 1. The van der Waals surface area contributed by atoms with Crippen LogP contribution in [0.15, 0.2) is 30.5 Å². The molecule has 38 heavy (non-hydrogen) atoms. The Labute approximate surface area is 226 Å². The van der Waals surface area contributed by atoms with Crippen LogP contribution in [0.5, 0.6) is 0 Å². The smallest absolute Gasteiger partial charge is 0.328 e. The van der Waals surface area contributed by atoms with E-state index in [9.17, 15) is 29.4 Å². The highest BCUT2D eigenvalue weighted by Gasteiger charge is 2.32. The molecule has 8 N–H and O–H groups in total. The number of hydrogen-bond acceptors (Lipinski definition) is 7. The Morgan fingerprint density at radius 2 is 1.63 bits per heavy atom. The summed E-state index contributed by atoms with van der Waals surface area (Å²) < 4.78 is 0. The van der Waals surface area contributed by atoms with Crippen molar-refractivity contribution < 1.29 is 29.4 Å². The van der Waals surface area contributed by atoms with E-state index < -0.39 is 54.0 Å². The van der Waals surface area contributed by atoms with E-state index in [2.05, 4.69) is 20.9 Å². The van der Waals surface area contributed by atoms with Crippen molar-refractivity contribution in [3.05, 3.63) is 36.0 Å². The third-order valence-electron chi connectivity index (χ3n) is 6.08. The molecule has 1 aromatic carbocycles. The third kappa shape index (κ3) is 9.03. The number of rotatable bonds is 15. The SMILES string of the molecule is CSCCC(NC(=O)C(N)Cc1c[nH]c2ccccc12)C(=O)NC(CC(C)C)C(=O)NC(C(=O)O)C(C)O. The first kappa shape index (κ1) is 31.1. The average Bonchev–Trinajstić information content (AvgIpc) is 3.26. The molecule has 2 aromatic rings. The number of fused-ring (bicyclic) bond motifs is 1. The van der Waals surface area contributed by atoms with Crippen LogP contribution in [0.2, 0.25) is 0 Å². The number of carbonyl (C=O) groups excluding carboxylic acids is 3. The van der Waals surface area contributed by atoms with Gasteiger partial charge >= 0.3 is 5.97 Å². The summed E-state index contributed by atoms with van der Waals surface area (Å²) in [6.45, 7) is 4.96. The van der Waals surface area contributed by atoms with Crippen LogP contribution in [0.3, 0.4) is 0 Å². The number of aliphatic hydroxyl groups excluding tert-OH is 1. The minimum absolute atomic E-state index is 0.00953. The topological polar surface area (TPSA) is 187 Å². The Morgan fingerprint density at radius 1 is 1.00 bits per heavy atom. The molecule has 11 nitrogen and oxygen atoms in total. The van der Waals surface area contributed by atoms with Crippen molar-refractivity contribution in [2.45, 2.75) is 70.3 Å². The number of carbonyl (C=O) groups is 4. The van der Waals surface area contributed by atoms with Crippen LogP contribution in [-0.4, -0.2) is 81.2 Å². The molecule has 5 unspecified atom stereocenters. The molecule has 0 aliphatic heterocycles. The number of carboxylic acids is 1. The second-order valence-electron chi connectivity index (χ2n) is 9.77. The van der Waals surface area contributed by atoms with E-state index >= 15 is 0 Å². The van der Waals surface area contributed by atoms with Gasteiger partial charge in [-0.15, -0.1) is 0 Å². The van der Waals surface area contributed by atoms with Crippen LogP contribution in [0.25, 0.3) is 10.9 Å². The lowest BCUT2D eigenvalue weighted by Gasteiger charge is -2.26. The number of hydrogen-bond donors (Lipinski definition) is 7. The molecular weight excluding hydrogens is 510 g/mol. The third-order valence-corrected chi connectivity index (χ3v) is 6.73. The van der Waals surface area contributed by atoms with Gasteiger partial charge in [-0.3, -0.25) is 14.4 Å². The number of aromatic nitrogens is 1. The van der Waals surface area contributed by atoms with Crippen molar-refractivity contribution in [3.8, 4) is 0 Å². The van der Waals surface area contributed by atoms with Gasteiger partial charge in [0, 0.05) is 17.1 Å². The molecule has 0 saturated heterocycles. The van der Waals surface area contributed by atoms with E-state index in [0.29, 0.717) is 12.2 Å². The van der Waals surface area contributed by atoms with Gasteiger partial charge in [-0.2, -0.15) is 11.8 Å². The minimum Gasteiger partial charge on any atom is -0.480 e. The van der Waals surface area contributed by atoms with Crippen molar-refractivity contribution in [2.75, 3.05) is 12.0 Å². The number of aliphatic hydroxyl groups is 1. The van der Waals surface area contributed by atoms with Crippen LogP contribution >= 0.6 is 11.8 Å².